The zero-order valence-corrected chi connectivity index (χ0v) is 12.4. The predicted molar refractivity (Wildman–Crippen MR) is 72.4 cm³/mol. The lowest BCUT2D eigenvalue weighted by molar-refractivity contribution is -0.148. The van der Waals surface area contributed by atoms with Crippen molar-refractivity contribution in [1.29, 1.82) is 0 Å². The van der Waals surface area contributed by atoms with E-state index in [2.05, 4.69) is 15.5 Å². The van der Waals surface area contributed by atoms with E-state index in [0.717, 1.165) is 12.8 Å². The highest BCUT2D eigenvalue weighted by Crippen LogP contribution is 2.35. The van der Waals surface area contributed by atoms with Gasteiger partial charge in [-0.1, -0.05) is 19.0 Å². The lowest BCUT2D eigenvalue weighted by Gasteiger charge is -2.43. The quantitative estimate of drug-likeness (QED) is 0.866. The van der Waals surface area contributed by atoms with Crippen molar-refractivity contribution in [2.45, 2.75) is 46.2 Å². The van der Waals surface area contributed by atoms with Crippen LogP contribution in [0.2, 0.25) is 0 Å². The van der Waals surface area contributed by atoms with Gasteiger partial charge in [0.25, 0.3) is 0 Å². The normalized spacial score (nSPS) is 21.1. The molecule has 1 atom stereocenters. The number of carbonyl (C=O) groups excluding carboxylic acids is 1. The predicted octanol–water partition coefficient (Wildman–Crippen LogP) is 1.16. The van der Waals surface area contributed by atoms with Gasteiger partial charge in [-0.15, -0.1) is 0 Å². The minimum absolute atomic E-state index is 0.111. The Morgan fingerprint density at radius 3 is 2.81 bits per heavy atom. The molecule has 0 aromatic carbocycles. The average molecular weight is 296 g/mol. The highest BCUT2D eigenvalue weighted by atomic mass is 16.5. The molecule has 0 spiro atoms. The van der Waals surface area contributed by atoms with Gasteiger partial charge in [-0.05, 0) is 18.3 Å². The van der Waals surface area contributed by atoms with Gasteiger partial charge in [-0.2, -0.15) is 4.98 Å². The molecule has 0 bridgehead atoms. The molecule has 2 heterocycles. The molecule has 2 rings (SSSR count). The zero-order chi connectivity index (χ0) is 15.6. The molecule has 2 N–H and O–H groups in total. The van der Waals surface area contributed by atoms with Gasteiger partial charge < -0.3 is 19.8 Å². The fourth-order valence-electron chi connectivity index (χ4n) is 2.75. The Bertz CT molecular complexity index is 540. The summed E-state index contributed by atoms with van der Waals surface area (Å²) in [5, 5.41) is 15.7. The summed E-state index contributed by atoms with van der Waals surface area (Å²) in [6.45, 7) is 5.93. The number of aliphatic carboxylic acids is 1. The number of amides is 2. The number of aromatic nitrogens is 2. The van der Waals surface area contributed by atoms with Crippen LogP contribution in [-0.2, 0) is 11.3 Å². The van der Waals surface area contributed by atoms with E-state index in [1.165, 1.54) is 4.90 Å². The van der Waals surface area contributed by atoms with Gasteiger partial charge in [0.2, 0.25) is 5.89 Å². The topological polar surface area (TPSA) is 109 Å². The molecule has 0 saturated carbocycles. The molecule has 0 radical (unpaired) electrons. The van der Waals surface area contributed by atoms with Crippen molar-refractivity contribution in [2.24, 2.45) is 5.41 Å². The summed E-state index contributed by atoms with van der Waals surface area (Å²) in [6.07, 6.45) is 1.56. The molecule has 1 aliphatic rings. The maximum absolute atomic E-state index is 12.2. The van der Waals surface area contributed by atoms with E-state index in [1.807, 2.05) is 13.8 Å². The van der Waals surface area contributed by atoms with Gasteiger partial charge in [-0.25, -0.2) is 9.59 Å². The molecule has 1 aromatic rings. The Kier molecular flexibility index (Phi) is 4.15. The SMILES string of the molecule is Cc1nc(CNC(=O)N2CCCC(C)(C)C2C(=O)O)no1. The van der Waals surface area contributed by atoms with Gasteiger partial charge in [-0.3, -0.25) is 0 Å². The molecule has 116 valence electrons. The Morgan fingerprint density at radius 2 is 2.24 bits per heavy atom. The summed E-state index contributed by atoms with van der Waals surface area (Å²) < 4.78 is 4.81. The molecular formula is C13H20N4O4. The second-order valence-corrected chi connectivity index (χ2v) is 5.91. The molecule has 8 nitrogen and oxygen atoms in total. The summed E-state index contributed by atoms with van der Waals surface area (Å²) in [7, 11) is 0. The summed E-state index contributed by atoms with van der Waals surface area (Å²) in [5.74, 6) is -0.198. The van der Waals surface area contributed by atoms with E-state index in [0.29, 0.717) is 18.3 Å². The number of carboxylic acids is 1. The maximum Gasteiger partial charge on any atom is 0.327 e. The average Bonchev–Trinajstić information content (AvgIpc) is 2.79. The molecule has 1 saturated heterocycles. The van der Waals surface area contributed by atoms with Crippen LogP contribution in [0.15, 0.2) is 4.52 Å². The first-order chi connectivity index (χ1) is 9.81. The van der Waals surface area contributed by atoms with Crippen molar-refractivity contribution in [3.8, 4) is 0 Å². The number of carbonyl (C=O) groups is 2. The van der Waals surface area contributed by atoms with E-state index < -0.39 is 23.5 Å². The first-order valence-corrected chi connectivity index (χ1v) is 6.88. The number of nitrogens with zero attached hydrogens (tertiary/aromatic N) is 3. The first-order valence-electron chi connectivity index (χ1n) is 6.88. The van der Waals surface area contributed by atoms with Crippen molar-refractivity contribution in [3.63, 3.8) is 0 Å². The van der Waals surface area contributed by atoms with Gasteiger partial charge in [0.15, 0.2) is 5.82 Å². The smallest absolute Gasteiger partial charge is 0.327 e. The third-order valence-corrected chi connectivity index (χ3v) is 3.73. The van der Waals surface area contributed by atoms with E-state index in [-0.39, 0.29) is 6.54 Å². The standard InChI is InChI=1S/C13H20N4O4/c1-8-15-9(16-21-8)7-14-12(20)17-6-4-5-13(2,3)10(17)11(18)19/h10H,4-7H2,1-3H3,(H,14,20)(H,18,19). The molecule has 21 heavy (non-hydrogen) atoms. The van der Waals surface area contributed by atoms with Gasteiger partial charge >= 0.3 is 12.0 Å². The van der Waals surface area contributed by atoms with Crippen molar-refractivity contribution in [1.82, 2.24) is 20.4 Å². The third kappa shape index (κ3) is 3.32. The van der Waals surface area contributed by atoms with Gasteiger partial charge in [0, 0.05) is 13.5 Å². The van der Waals surface area contributed by atoms with Crippen LogP contribution in [0.25, 0.3) is 0 Å². The highest BCUT2D eigenvalue weighted by molar-refractivity contribution is 5.83. The number of piperidine rings is 1. The highest BCUT2D eigenvalue weighted by Gasteiger charge is 2.44. The third-order valence-electron chi connectivity index (χ3n) is 3.73. The van der Waals surface area contributed by atoms with Crippen LogP contribution in [0.4, 0.5) is 4.79 Å². The summed E-state index contributed by atoms with van der Waals surface area (Å²) in [4.78, 5) is 29.1. The number of urea groups is 1. The second-order valence-electron chi connectivity index (χ2n) is 5.91. The van der Waals surface area contributed by atoms with Crippen molar-refractivity contribution in [2.75, 3.05) is 6.54 Å². The van der Waals surface area contributed by atoms with E-state index in [1.54, 1.807) is 6.92 Å². The number of rotatable bonds is 3. The maximum atomic E-state index is 12.2. The molecule has 1 unspecified atom stereocenters. The number of nitrogens with one attached hydrogen (secondary N) is 1. The number of aryl methyl sites for hydroxylation is 1. The molecule has 1 aliphatic heterocycles. The summed E-state index contributed by atoms with van der Waals surface area (Å²) in [6, 6.07) is -1.25. The van der Waals surface area contributed by atoms with Crippen LogP contribution in [0.5, 0.6) is 0 Å². The number of carboxylic acid groups (broad SMARTS) is 1. The lowest BCUT2D eigenvalue weighted by Crippen LogP contribution is -2.58. The molecular weight excluding hydrogens is 276 g/mol. The van der Waals surface area contributed by atoms with Gasteiger partial charge in [0.1, 0.15) is 6.04 Å². The monoisotopic (exact) mass is 296 g/mol. The van der Waals surface area contributed by atoms with Crippen LogP contribution < -0.4 is 5.32 Å². The van der Waals surface area contributed by atoms with E-state index in [9.17, 15) is 14.7 Å². The van der Waals surface area contributed by atoms with Crippen molar-refractivity contribution in [3.05, 3.63) is 11.7 Å². The molecule has 8 heteroatoms. The van der Waals surface area contributed by atoms with Crippen LogP contribution >= 0.6 is 0 Å². The van der Waals surface area contributed by atoms with E-state index in [4.69, 9.17) is 4.52 Å². The number of hydrogen-bond donors (Lipinski definition) is 2. The van der Waals surface area contributed by atoms with Crippen molar-refractivity contribution < 1.29 is 19.2 Å². The van der Waals surface area contributed by atoms with Crippen molar-refractivity contribution >= 4 is 12.0 Å². The fourth-order valence-corrected chi connectivity index (χ4v) is 2.75. The Morgan fingerprint density at radius 1 is 1.52 bits per heavy atom. The van der Waals surface area contributed by atoms with Crippen LogP contribution in [-0.4, -0.2) is 44.7 Å². The Hall–Kier alpha value is -2.12. The largest absolute Gasteiger partial charge is 0.480 e. The second kappa shape index (κ2) is 5.71. The zero-order valence-electron chi connectivity index (χ0n) is 12.4. The minimum Gasteiger partial charge on any atom is -0.480 e. The summed E-state index contributed by atoms with van der Waals surface area (Å²) >= 11 is 0. The van der Waals surface area contributed by atoms with E-state index >= 15 is 0 Å². The Labute approximate surface area is 122 Å². The summed E-state index contributed by atoms with van der Waals surface area (Å²) in [5.41, 5.74) is -0.454. The first kappa shape index (κ1) is 15.3. The van der Waals surface area contributed by atoms with Crippen LogP contribution in [0, 0.1) is 12.3 Å². The van der Waals surface area contributed by atoms with Gasteiger partial charge in [0.05, 0.1) is 6.54 Å². The molecule has 1 aromatic heterocycles. The Balaban J connectivity index is 2.04. The molecule has 2 amide bonds. The van der Waals surface area contributed by atoms with Crippen LogP contribution in [0.1, 0.15) is 38.4 Å². The lowest BCUT2D eigenvalue weighted by atomic mass is 9.76. The van der Waals surface area contributed by atoms with Crippen LogP contribution in [0.3, 0.4) is 0 Å². The molecule has 0 aliphatic carbocycles. The fraction of sp³-hybridized carbons (Fsp3) is 0.692. The minimum atomic E-state index is -0.981. The number of hydrogen-bond acceptors (Lipinski definition) is 5. The number of likely N-dealkylation sites (tertiary alicyclic amines) is 1. The molecule has 1 fully saturated rings.